The van der Waals surface area contributed by atoms with Gasteiger partial charge in [0, 0.05) is 18.0 Å². The van der Waals surface area contributed by atoms with Crippen molar-refractivity contribution >= 4 is 17.3 Å². The molecule has 0 aromatic carbocycles. The standard InChI is InChI=1S/C9H9N3O2S/c1-5-8(12(2)11-10-5)6-3-7(9(13)14)15-4-6/h3-4H,1-2H3,(H,13,14). The number of rotatable bonds is 2. The van der Waals surface area contributed by atoms with Crippen molar-refractivity contribution in [2.45, 2.75) is 6.92 Å². The summed E-state index contributed by atoms with van der Waals surface area (Å²) >= 11 is 1.20. The minimum Gasteiger partial charge on any atom is -0.477 e. The van der Waals surface area contributed by atoms with Gasteiger partial charge in [0.2, 0.25) is 0 Å². The van der Waals surface area contributed by atoms with E-state index in [9.17, 15) is 4.79 Å². The van der Waals surface area contributed by atoms with Gasteiger partial charge >= 0.3 is 5.97 Å². The Balaban J connectivity index is 2.50. The number of carbonyl (C=O) groups is 1. The number of hydrogen-bond donors (Lipinski definition) is 1. The van der Waals surface area contributed by atoms with E-state index >= 15 is 0 Å². The highest BCUT2D eigenvalue weighted by molar-refractivity contribution is 7.12. The first-order valence-corrected chi connectivity index (χ1v) is 5.16. The Morgan fingerprint density at radius 2 is 2.33 bits per heavy atom. The fourth-order valence-corrected chi connectivity index (χ4v) is 2.16. The van der Waals surface area contributed by atoms with Gasteiger partial charge in [-0.25, -0.2) is 9.48 Å². The van der Waals surface area contributed by atoms with Crippen molar-refractivity contribution in [1.82, 2.24) is 15.0 Å². The normalized spacial score (nSPS) is 10.5. The number of aromatic carboxylic acids is 1. The molecule has 6 heteroatoms. The number of carboxylic acid groups (broad SMARTS) is 1. The van der Waals surface area contributed by atoms with Gasteiger partial charge in [0.05, 0.1) is 11.4 Å². The lowest BCUT2D eigenvalue weighted by molar-refractivity contribution is 0.0702. The summed E-state index contributed by atoms with van der Waals surface area (Å²) in [5, 5.41) is 18.4. The topological polar surface area (TPSA) is 68.0 Å². The third-order valence-electron chi connectivity index (χ3n) is 2.08. The smallest absolute Gasteiger partial charge is 0.345 e. The van der Waals surface area contributed by atoms with E-state index in [1.165, 1.54) is 11.3 Å². The van der Waals surface area contributed by atoms with Gasteiger partial charge in [-0.2, -0.15) is 0 Å². The summed E-state index contributed by atoms with van der Waals surface area (Å²) in [5.41, 5.74) is 2.51. The lowest BCUT2D eigenvalue weighted by Gasteiger charge is -1.97. The van der Waals surface area contributed by atoms with E-state index in [0.717, 1.165) is 17.0 Å². The summed E-state index contributed by atoms with van der Waals surface area (Å²) in [4.78, 5) is 11.1. The van der Waals surface area contributed by atoms with Crippen molar-refractivity contribution in [2.24, 2.45) is 7.05 Å². The second kappa shape index (κ2) is 3.47. The average molecular weight is 223 g/mol. The molecule has 2 aromatic rings. The zero-order valence-electron chi connectivity index (χ0n) is 8.26. The fourth-order valence-electron chi connectivity index (χ4n) is 1.43. The summed E-state index contributed by atoms with van der Waals surface area (Å²) in [6, 6.07) is 1.64. The van der Waals surface area contributed by atoms with Gasteiger partial charge in [-0.3, -0.25) is 0 Å². The van der Waals surface area contributed by atoms with Crippen LogP contribution in [-0.4, -0.2) is 26.1 Å². The molecule has 0 amide bonds. The molecule has 15 heavy (non-hydrogen) atoms. The molecule has 78 valence electrons. The Morgan fingerprint density at radius 1 is 1.60 bits per heavy atom. The molecular formula is C9H9N3O2S. The van der Waals surface area contributed by atoms with Crippen LogP contribution < -0.4 is 0 Å². The summed E-state index contributed by atoms with van der Waals surface area (Å²) in [6.07, 6.45) is 0. The monoisotopic (exact) mass is 223 g/mol. The van der Waals surface area contributed by atoms with Crippen LogP contribution in [0.25, 0.3) is 11.3 Å². The molecular weight excluding hydrogens is 214 g/mol. The zero-order valence-corrected chi connectivity index (χ0v) is 9.08. The second-order valence-corrected chi connectivity index (χ2v) is 4.06. The van der Waals surface area contributed by atoms with Gasteiger partial charge in [0.1, 0.15) is 4.88 Å². The molecule has 2 rings (SSSR count). The predicted octanol–water partition coefficient (Wildman–Crippen LogP) is 1.55. The van der Waals surface area contributed by atoms with Crippen LogP contribution in [0.5, 0.6) is 0 Å². The molecule has 0 fully saturated rings. The van der Waals surface area contributed by atoms with Crippen molar-refractivity contribution in [2.75, 3.05) is 0 Å². The van der Waals surface area contributed by atoms with Crippen LogP contribution in [0.4, 0.5) is 0 Å². The molecule has 2 aromatic heterocycles. The highest BCUT2D eigenvalue weighted by Crippen LogP contribution is 2.26. The Kier molecular flexibility index (Phi) is 2.28. The molecule has 0 unspecified atom stereocenters. The molecule has 0 spiro atoms. The van der Waals surface area contributed by atoms with E-state index in [1.54, 1.807) is 23.2 Å². The van der Waals surface area contributed by atoms with E-state index in [2.05, 4.69) is 10.3 Å². The number of thiophene rings is 1. The Hall–Kier alpha value is -1.69. The van der Waals surface area contributed by atoms with E-state index in [4.69, 9.17) is 5.11 Å². The third-order valence-corrected chi connectivity index (χ3v) is 3.00. The maximum atomic E-state index is 10.7. The Morgan fingerprint density at radius 3 is 2.80 bits per heavy atom. The van der Waals surface area contributed by atoms with Gasteiger partial charge in [-0.1, -0.05) is 5.21 Å². The van der Waals surface area contributed by atoms with Crippen LogP contribution in [0, 0.1) is 6.92 Å². The molecule has 0 bridgehead atoms. The van der Waals surface area contributed by atoms with Crippen LogP contribution >= 0.6 is 11.3 Å². The summed E-state index contributed by atoms with van der Waals surface area (Å²) in [5.74, 6) is -0.904. The van der Waals surface area contributed by atoms with Gasteiger partial charge in [0.25, 0.3) is 0 Å². The zero-order chi connectivity index (χ0) is 11.0. The van der Waals surface area contributed by atoms with Crippen LogP contribution in [0.3, 0.4) is 0 Å². The molecule has 0 saturated heterocycles. The first kappa shape index (κ1) is 9.85. The predicted molar refractivity (Wildman–Crippen MR) is 56.0 cm³/mol. The molecule has 0 radical (unpaired) electrons. The number of carboxylic acids is 1. The molecule has 2 heterocycles. The average Bonchev–Trinajstić information content (AvgIpc) is 2.73. The summed E-state index contributed by atoms with van der Waals surface area (Å²) < 4.78 is 1.64. The largest absolute Gasteiger partial charge is 0.477 e. The number of aryl methyl sites for hydroxylation is 2. The quantitative estimate of drug-likeness (QED) is 0.838. The minimum atomic E-state index is -0.904. The van der Waals surface area contributed by atoms with Gasteiger partial charge in [0.15, 0.2) is 0 Å². The van der Waals surface area contributed by atoms with Crippen LogP contribution in [0.1, 0.15) is 15.4 Å². The van der Waals surface area contributed by atoms with Crippen molar-refractivity contribution in [3.05, 3.63) is 22.0 Å². The first-order chi connectivity index (χ1) is 7.09. The first-order valence-electron chi connectivity index (χ1n) is 4.28. The maximum absolute atomic E-state index is 10.7. The van der Waals surface area contributed by atoms with Crippen molar-refractivity contribution in [3.63, 3.8) is 0 Å². The number of hydrogen-bond acceptors (Lipinski definition) is 4. The number of aromatic nitrogens is 3. The van der Waals surface area contributed by atoms with Crippen LogP contribution in [-0.2, 0) is 7.05 Å². The van der Waals surface area contributed by atoms with E-state index in [0.29, 0.717) is 4.88 Å². The van der Waals surface area contributed by atoms with E-state index in [-0.39, 0.29) is 0 Å². The third kappa shape index (κ3) is 1.63. The molecule has 1 N–H and O–H groups in total. The van der Waals surface area contributed by atoms with Crippen molar-refractivity contribution in [1.29, 1.82) is 0 Å². The van der Waals surface area contributed by atoms with E-state index in [1.807, 2.05) is 6.92 Å². The molecule has 0 aliphatic heterocycles. The molecule has 5 nitrogen and oxygen atoms in total. The second-order valence-electron chi connectivity index (χ2n) is 3.15. The van der Waals surface area contributed by atoms with Gasteiger partial charge < -0.3 is 5.11 Å². The van der Waals surface area contributed by atoms with Crippen LogP contribution in [0.2, 0.25) is 0 Å². The lowest BCUT2D eigenvalue weighted by Crippen LogP contribution is -1.94. The highest BCUT2D eigenvalue weighted by atomic mass is 32.1. The molecule has 0 saturated carbocycles. The Bertz CT molecular complexity index is 496. The van der Waals surface area contributed by atoms with Crippen molar-refractivity contribution in [3.8, 4) is 11.3 Å². The summed E-state index contributed by atoms with van der Waals surface area (Å²) in [6.45, 7) is 1.85. The number of nitrogens with zero attached hydrogens (tertiary/aromatic N) is 3. The fraction of sp³-hybridized carbons (Fsp3) is 0.222. The molecule has 0 atom stereocenters. The lowest BCUT2D eigenvalue weighted by atomic mass is 10.2. The van der Waals surface area contributed by atoms with Gasteiger partial charge in [-0.15, -0.1) is 16.4 Å². The molecule has 0 aliphatic carbocycles. The highest BCUT2D eigenvalue weighted by Gasteiger charge is 2.13. The molecule has 0 aliphatic rings. The van der Waals surface area contributed by atoms with E-state index < -0.39 is 5.97 Å². The Labute approximate surface area is 90.0 Å². The van der Waals surface area contributed by atoms with Gasteiger partial charge in [-0.05, 0) is 13.0 Å². The van der Waals surface area contributed by atoms with Crippen LogP contribution in [0.15, 0.2) is 11.4 Å². The summed E-state index contributed by atoms with van der Waals surface area (Å²) in [7, 11) is 1.79. The van der Waals surface area contributed by atoms with Crippen molar-refractivity contribution < 1.29 is 9.90 Å². The SMILES string of the molecule is Cc1nnn(C)c1-c1csc(C(=O)O)c1. The minimum absolute atomic E-state index is 0.325. The maximum Gasteiger partial charge on any atom is 0.345 e.